The van der Waals surface area contributed by atoms with Crippen molar-refractivity contribution in [3.8, 4) is 0 Å². The molecule has 2 N–H and O–H groups in total. The Bertz CT molecular complexity index is 786. The summed E-state index contributed by atoms with van der Waals surface area (Å²) in [5.74, 6) is -1.19. The van der Waals surface area contributed by atoms with E-state index in [0.29, 0.717) is 4.47 Å². The van der Waals surface area contributed by atoms with Crippen LogP contribution in [0.25, 0.3) is 0 Å². The Morgan fingerprint density at radius 1 is 1.24 bits per heavy atom. The molecular formula is C12H9Br2NO4S2. The maximum atomic E-state index is 12.2. The van der Waals surface area contributed by atoms with Crippen LogP contribution in [0.2, 0.25) is 0 Å². The highest BCUT2D eigenvalue weighted by Crippen LogP contribution is 2.23. The van der Waals surface area contributed by atoms with Gasteiger partial charge in [-0.25, -0.2) is 17.9 Å². The highest BCUT2D eigenvalue weighted by Gasteiger charge is 2.18. The minimum atomic E-state index is -3.76. The predicted molar refractivity (Wildman–Crippen MR) is 87.1 cm³/mol. The fourth-order valence-corrected chi connectivity index (χ4v) is 4.49. The molecule has 0 fully saturated rings. The molecule has 0 bridgehead atoms. The number of carbonyl (C=O) groups is 1. The maximum absolute atomic E-state index is 12.2. The molecule has 0 aliphatic heterocycles. The van der Waals surface area contributed by atoms with Crippen LogP contribution in [-0.2, 0) is 16.6 Å². The van der Waals surface area contributed by atoms with Crippen LogP contribution in [0.3, 0.4) is 0 Å². The third kappa shape index (κ3) is 4.13. The summed E-state index contributed by atoms with van der Waals surface area (Å²) in [6.45, 7) is 0.150. The Hall–Kier alpha value is -0.740. The van der Waals surface area contributed by atoms with Crippen molar-refractivity contribution in [3.63, 3.8) is 0 Å². The second-order valence-electron chi connectivity index (χ2n) is 3.98. The number of benzene rings is 1. The van der Waals surface area contributed by atoms with Crippen molar-refractivity contribution < 1.29 is 18.3 Å². The highest BCUT2D eigenvalue weighted by molar-refractivity contribution is 9.11. The van der Waals surface area contributed by atoms with Crippen LogP contribution in [0, 0.1) is 0 Å². The van der Waals surface area contributed by atoms with Crippen LogP contribution in [0.4, 0.5) is 0 Å². The fourth-order valence-electron chi connectivity index (χ4n) is 1.53. The molecule has 1 heterocycles. The van der Waals surface area contributed by atoms with Gasteiger partial charge in [-0.3, -0.25) is 0 Å². The van der Waals surface area contributed by atoms with E-state index in [2.05, 4.69) is 36.6 Å². The molecule has 0 aliphatic carbocycles. The van der Waals surface area contributed by atoms with Crippen molar-refractivity contribution >= 4 is 59.2 Å². The van der Waals surface area contributed by atoms with Gasteiger partial charge in [-0.2, -0.15) is 0 Å². The number of hydrogen-bond donors (Lipinski definition) is 2. The van der Waals surface area contributed by atoms with Crippen LogP contribution >= 0.6 is 43.2 Å². The topological polar surface area (TPSA) is 83.5 Å². The molecule has 0 atom stereocenters. The van der Waals surface area contributed by atoms with Gasteiger partial charge in [0.25, 0.3) is 0 Å². The third-order valence-corrected chi connectivity index (χ3v) is 6.26. The van der Waals surface area contributed by atoms with Crippen molar-refractivity contribution in [1.29, 1.82) is 0 Å². The Morgan fingerprint density at radius 3 is 2.52 bits per heavy atom. The number of rotatable bonds is 5. The smallest absolute Gasteiger partial charge is 0.336 e. The number of sulfonamides is 1. The number of carboxylic acid groups (broad SMARTS) is 1. The first kappa shape index (κ1) is 16.6. The Balaban J connectivity index is 2.23. The van der Waals surface area contributed by atoms with Gasteiger partial charge < -0.3 is 5.11 Å². The molecule has 9 heteroatoms. The zero-order valence-corrected chi connectivity index (χ0v) is 15.1. The largest absolute Gasteiger partial charge is 0.478 e. The first-order chi connectivity index (χ1) is 9.79. The van der Waals surface area contributed by atoms with E-state index < -0.39 is 16.0 Å². The summed E-state index contributed by atoms with van der Waals surface area (Å²) in [7, 11) is -3.76. The van der Waals surface area contributed by atoms with Crippen molar-refractivity contribution in [2.75, 3.05) is 0 Å². The van der Waals surface area contributed by atoms with Crippen molar-refractivity contribution in [2.45, 2.75) is 11.4 Å². The van der Waals surface area contributed by atoms with Crippen LogP contribution in [0.5, 0.6) is 0 Å². The van der Waals surface area contributed by atoms with E-state index in [1.54, 1.807) is 0 Å². The first-order valence-corrected chi connectivity index (χ1v) is 9.45. The van der Waals surface area contributed by atoms with Gasteiger partial charge in [-0.05, 0) is 62.2 Å². The number of thiophene rings is 1. The SMILES string of the molecule is O=C(O)c1cc(S(=O)(=O)NCc2ccc(Br)s2)ccc1Br. The van der Waals surface area contributed by atoms with E-state index in [0.717, 1.165) is 14.7 Å². The molecule has 1 aromatic heterocycles. The Morgan fingerprint density at radius 2 is 1.95 bits per heavy atom. The van der Waals surface area contributed by atoms with Gasteiger partial charge in [-0.1, -0.05) is 0 Å². The predicted octanol–water partition coefficient (Wildman–Crippen LogP) is 3.45. The number of nitrogens with one attached hydrogen (secondary N) is 1. The van der Waals surface area contributed by atoms with Crippen LogP contribution in [0.15, 0.2) is 43.5 Å². The second kappa shape index (κ2) is 6.57. The minimum Gasteiger partial charge on any atom is -0.478 e. The van der Waals surface area contributed by atoms with Crippen molar-refractivity contribution in [1.82, 2.24) is 4.72 Å². The van der Waals surface area contributed by atoms with E-state index in [1.807, 2.05) is 12.1 Å². The molecule has 0 aliphatic rings. The lowest BCUT2D eigenvalue weighted by Gasteiger charge is -2.07. The van der Waals surface area contributed by atoms with Gasteiger partial charge in [0.2, 0.25) is 10.0 Å². The summed E-state index contributed by atoms with van der Waals surface area (Å²) in [4.78, 5) is 11.8. The van der Waals surface area contributed by atoms with E-state index in [4.69, 9.17) is 5.11 Å². The maximum Gasteiger partial charge on any atom is 0.336 e. The van der Waals surface area contributed by atoms with Gasteiger partial charge >= 0.3 is 5.97 Å². The Kier molecular flexibility index (Phi) is 5.20. The van der Waals surface area contributed by atoms with Crippen molar-refractivity contribution in [3.05, 3.63) is 49.0 Å². The summed E-state index contributed by atoms with van der Waals surface area (Å²) >= 11 is 7.80. The van der Waals surface area contributed by atoms with Gasteiger partial charge in [-0.15, -0.1) is 11.3 Å². The zero-order chi connectivity index (χ0) is 15.6. The lowest BCUT2D eigenvalue weighted by Crippen LogP contribution is -2.23. The second-order valence-corrected chi connectivity index (χ2v) is 9.15. The van der Waals surface area contributed by atoms with E-state index >= 15 is 0 Å². The molecule has 0 saturated carbocycles. The van der Waals surface area contributed by atoms with E-state index in [1.165, 1.54) is 23.5 Å². The quantitative estimate of drug-likeness (QED) is 0.724. The minimum absolute atomic E-state index is 0.0845. The van der Waals surface area contributed by atoms with Gasteiger partial charge in [0, 0.05) is 15.9 Å². The molecule has 1 aromatic carbocycles. The summed E-state index contributed by atoms with van der Waals surface area (Å²) in [5, 5.41) is 9.02. The average Bonchev–Trinajstić information content (AvgIpc) is 2.82. The molecule has 5 nitrogen and oxygen atoms in total. The number of hydrogen-bond acceptors (Lipinski definition) is 4. The molecule has 0 saturated heterocycles. The molecular weight excluding hydrogens is 446 g/mol. The number of halogens is 2. The molecule has 0 unspecified atom stereocenters. The van der Waals surface area contributed by atoms with Crippen LogP contribution in [-0.4, -0.2) is 19.5 Å². The summed E-state index contributed by atoms with van der Waals surface area (Å²) < 4.78 is 28.0. The van der Waals surface area contributed by atoms with Gasteiger partial charge in [0.15, 0.2) is 0 Å². The zero-order valence-electron chi connectivity index (χ0n) is 10.3. The molecule has 2 rings (SSSR count). The molecule has 0 amide bonds. The third-order valence-electron chi connectivity index (χ3n) is 2.54. The Labute approximate surface area is 142 Å². The summed E-state index contributed by atoms with van der Waals surface area (Å²) in [6.07, 6.45) is 0. The molecule has 0 spiro atoms. The monoisotopic (exact) mass is 453 g/mol. The lowest BCUT2D eigenvalue weighted by atomic mass is 10.2. The highest BCUT2D eigenvalue weighted by atomic mass is 79.9. The van der Waals surface area contributed by atoms with E-state index in [-0.39, 0.29) is 17.0 Å². The fraction of sp³-hybridized carbons (Fsp3) is 0.0833. The molecule has 112 valence electrons. The average molecular weight is 455 g/mol. The molecule has 0 radical (unpaired) electrons. The van der Waals surface area contributed by atoms with Gasteiger partial charge in [0.05, 0.1) is 14.2 Å². The standard InChI is InChI=1S/C12H9Br2NO4S2/c13-10-3-2-8(5-9(10)12(16)17)21(18,19)15-6-7-1-4-11(14)20-7/h1-5,15H,6H2,(H,16,17). The lowest BCUT2D eigenvalue weighted by molar-refractivity contribution is 0.0695. The van der Waals surface area contributed by atoms with Crippen LogP contribution < -0.4 is 4.72 Å². The normalized spacial score (nSPS) is 11.5. The summed E-state index contributed by atoms with van der Waals surface area (Å²) in [5.41, 5.74) is -0.100. The number of carboxylic acids is 1. The molecule has 2 aromatic rings. The molecule has 21 heavy (non-hydrogen) atoms. The van der Waals surface area contributed by atoms with Crippen LogP contribution in [0.1, 0.15) is 15.2 Å². The first-order valence-electron chi connectivity index (χ1n) is 5.56. The number of aromatic carboxylic acids is 1. The summed E-state index contributed by atoms with van der Waals surface area (Å²) in [6, 6.07) is 7.51. The van der Waals surface area contributed by atoms with Gasteiger partial charge in [0.1, 0.15) is 0 Å². The van der Waals surface area contributed by atoms with E-state index in [9.17, 15) is 13.2 Å². The van der Waals surface area contributed by atoms with Crippen molar-refractivity contribution in [2.24, 2.45) is 0 Å².